The van der Waals surface area contributed by atoms with Crippen LogP contribution in [0.4, 0.5) is 0 Å². The first-order chi connectivity index (χ1) is 11.0. The van der Waals surface area contributed by atoms with Gasteiger partial charge in [-0.3, -0.25) is 14.4 Å². The molecule has 1 amide bonds. The van der Waals surface area contributed by atoms with E-state index in [0.717, 1.165) is 25.9 Å². The van der Waals surface area contributed by atoms with Crippen LogP contribution in [0.15, 0.2) is 6.20 Å². The molecule has 2 fully saturated rings. The minimum absolute atomic E-state index is 0.0389. The molecule has 2 heterocycles. The summed E-state index contributed by atoms with van der Waals surface area (Å²) >= 11 is 0. The molecule has 6 heteroatoms. The summed E-state index contributed by atoms with van der Waals surface area (Å²) in [7, 11) is 1.96. The Kier molecular flexibility index (Phi) is 4.73. The van der Waals surface area contributed by atoms with Gasteiger partial charge in [-0.1, -0.05) is 12.8 Å². The highest BCUT2D eigenvalue weighted by Gasteiger charge is 2.40. The lowest BCUT2D eigenvalue weighted by Crippen LogP contribution is -2.59. The summed E-state index contributed by atoms with van der Waals surface area (Å²) in [6, 6.07) is 0.332. The molecule has 1 saturated carbocycles. The average Bonchev–Trinajstić information content (AvgIpc) is 3.13. The topological polar surface area (TPSA) is 59.4 Å². The van der Waals surface area contributed by atoms with Gasteiger partial charge in [-0.2, -0.15) is 5.10 Å². The van der Waals surface area contributed by atoms with E-state index in [1.807, 2.05) is 24.9 Å². The van der Waals surface area contributed by atoms with E-state index < -0.39 is 5.60 Å². The smallest absolute Gasteiger partial charge is 0.253 e. The predicted molar refractivity (Wildman–Crippen MR) is 88.0 cm³/mol. The zero-order chi connectivity index (χ0) is 16.4. The van der Waals surface area contributed by atoms with E-state index in [4.69, 9.17) is 4.74 Å². The highest BCUT2D eigenvalue weighted by Crippen LogP contribution is 2.23. The lowest BCUT2D eigenvalue weighted by atomic mass is 10.0. The van der Waals surface area contributed by atoms with Crippen LogP contribution in [0.2, 0.25) is 0 Å². The van der Waals surface area contributed by atoms with Crippen LogP contribution in [0.25, 0.3) is 0 Å². The highest BCUT2D eigenvalue weighted by molar-refractivity contribution is 5.85. The van der Waals surface area contributed by atoms with E-state index >= 15 is 0 Å². The van der Waals surface area contributed by atoms with Gasteiger partial charge in [-0.05, 0) is 26.7 Å². The molecule has 1 aliphatic heterocycles. The SMILES string of the molecule is Cc1c(CN2CCOC(C)(C(=O)NC3CCCC3)C2)cnn1C. The zero-order valence-corrected chi connectivity index (χ0v) is 14.5. The Morgan fingerprint density at radius 3 is 2.87 bits per heavy atom. The van der Waals surface area contributed by atoms with E-state index in [2.05, 4.69) is 22.2 Å². The molecular weight excluding hydrogens is 292 g/mol. The van der Waals surface area contributed by atoms with Crippen molar-refractivity contribution in [1.29, 1.82) is 0 Å². The number of aryl methyl sites for hydroxylation is 1. The molecule has 0 aromatic carbocycles. The van der Waals surface area contributed by atoms with Crippen LogP contribution in [-0.2, 0) is 23.1 Å². The standard InChI is InChI=1S/C17H28N4O2/c1-13-14(10-18-20(13)3)11-21-8-9-23-17(2,12-21)16(22)19-15-6-4-5-7-15/h10,15H,4-9,11-12H2,1-3H3,(H,19,22). The van der Waals surface area contributed by atoms with Crippen LogP contribution < -0.4 is 5.32 Å². The number of aromatic nitrogens is 2. The molecule has 1 saturated heterocycles. The largest absolute Gasteiger partial charge is 0.363 e. The highest BCUT2D eigenvalue weighted by atomic mass is 16.5. The summed E-state index contributed by atoms with van der Waals surface area (Å²) in [4.78, 5) is 15.0. The normalized spacial score (nSPS) is 26.6. The van der Waals surface area contributed by atoms with Crippen LogP contribution in [0.3, 0.4) is 0 Å². The lowest BCUT2D eigenvalue weighted by molar-refractivity contribution is -0.157. The summed E-state index contributed by atoms with van der Waals surface area (Å²) in [5.41, 5.74) is 1.64. The fraction of sp³-hybridized carbons (Fsp3) is 0.765. The monoisotopic (exact) mass is 320 g/mol. The van der Waals surface area contributed by atoms with E-state index in [-0.39, 0.29) is 5.91 Å². The van der Waals surface area contributed by atoms with Crippen molar-refractivity contribution >= 4 is 5.91 Å². The molecule has 3 rings (SSSR count). The molecule has 0 bridgehead atoms. The molecule has 0 spiro atoms. The molecule has 1 aliphatic carbocycles. The van der Waals surface area contributed by atoms with Gasteiger partial charge in [-0.25, -0.2) is 0 Å². The predicted octanol–water partition coefficient (Wildman–Crippen LogP) is 1.38. The molecule has 1 aromatic heterocycles. The van der Waals surface area contributed by atoms with E-state index in [1.165, 1.54) is 24.1 Å². The molecule has 23 heavy (non-hydrogen) atoms. The number of carbonyl (C=O) groups is 1. The van der Waals surface area contributed by atoms with Crippen LogP contribution in [0.5, 0.6) is 0 Å². The number of hydrogen-bond acceptors (Lipinski definition) is 4. The van der Waals surface area contributed by atoms with E-state index in [1.54, 1.807) is 0 Å². The second kappa shape index (κ2) is 6.61. The first-order valence-electron chi connectivity index (χ1n) is 8.63. The quantitative estimate of drug-likeness (QED) is 0.910. The van der Waals surface area contributed by atoms with Crippen molar-refractivity contribution < 1.29 is 9.53 Å². The van der Waals surface area contributed by atoms with Crippen molar-refractivity contribution in [3.63, 3.8) is 0 Å². The first-order valence-corrected chi connectivity index (χ1v) is 8.63. The van der Waals surface area contributed by atoms with Crippen molar-refractivity contribution in [3.05, 3.63) is 17.5 Å². The molecule has 0 radical (unpaired) electrons. The van der Waals surface area contributed by atoms with Gasteiger partial charge in [0.15, 0.2) is 5.60 Å². The molecule has 128 valence electrons. The minimum atomic E-state index is -0.753. The molecule has 6 nitrogen and oxygen atoms in total. The van der Waals surface area contributed by atoms with Gasteiger partial charge in [0.2, 0.25) is 0 Å². The summed E-state index contributed by atoms with van der Waals surface area (Å²) in [5, 5.41) is 7.48. The van der Waals surface area contributed by atoms with Crippen molar-refractivity contribution in [2.24, 2.45) is 7.05 Å². The molecular formula is C17H28N4O2. The second-order valence-electron chi connectivity index (χ2n) is 7.12. The molecule has 1 N–H and O–H groups in total. The van der Waals surface area contributed by atoms with Gasteiger partial charge in [0.05, 0.1) is 12.8 Å². The summed E-state index contributed by atoms with van der Waals surface area (Å²) in [6.45, 7) is 6.87. The maximum Gasteiger partial charge on any atom is 0.253 e. The van der Waals surface area contributed by atoms with Crippen LogP contribution >= 0.6 is 0 Å². The third kappa shape index (κ3) is 3.58. The fourth-order valence-electron chi connectivity index (χ4n) is 3.57. The Labute approximate surface area is 138 Å². The number of carbonyl (C=O) groups excluding carboxylic acids is 1. The summed E-state index contributed by atoms with van der Waals surface area (Å²) in [5.74, 6) is 0.0389. The molecule has 1 atom stereocenters. The molecule has 2 aliphatic rings. The fourth-order valence-corrected chi connectivity index (χ4v) is 3.57. The Bertz CT molecular complexity index is 565. The van der Waals surface area contributed by atoms with Gasteiger partial charge in [0.25, 0.3) is 5.91 Å². The van der Waals surface area contributed by atoms with Crippen LogP contribution in [0.1, 0.15) is 43.9 Å². The molecule has 1 unspecified atom stereocenters. The number of rotatable bonds is 4. The third-order valence-corrected chi connectivity index (χ3v) is 5.26. The van der Waals surface area contributed by atoms with Crippen LogP contribution in [0, 0.1) is 6.92 Å². The first kappa shape index (κ1) is 16.5. The Hall–Kier alpha value is -1.40. The lowest BCUT2D eigenvalue weighted by Gasteiger charge is -2.39. The number of hydrogen-bond donors (Lipinski definition) is 1. The maximum atomic E-state index is 12.7. The number of morpholine rings is 1. The van der Waals surface area contributed by atoms with Crippen molar-refractivity contribution in [2.75, 3.05) is 19.7 Å². The third-order valence-electron chi connectivity index (χ3n) is 5.26. The Morgan fingerprint density at radius 1 is 1.48 bits per heavy atom. The summed E-state index contributed by atoms with van der Waals surface area (Å²) in [6.07, 6.45) is 6.55. The van der Waals surface area contributed by atoms with E-state index in [9.17, 15) is 4.79 Å². The summed E-state index contributed by atoms with van der Waals surface area (Å²) < 4.78 is 7.76. The van der Waals surface area contributed by atoms with Gasteiger partial charge in [0, 0.05) is 44.0 Å². The van der Waals surface area contributed by atoms with Crippen molar-refractivity contribution in [3.8, 4) is 0 Å². The number of ether oxygens (including phenoxy) is 1. The number of amides is 1. The zero-order valence-electron chi connectivity index (χ0n) is 14.5. The number of nitrogens with one attached hydrogen (secondary N) is 1. The average molecular weight is 320 g/mol. The van der Waals surface area contributed by atoms with Crippen molar-refractivity contribution in [2.45, 2.75) is 57.7 Å². The van der Waals surface area contributed by atoms with Gasteiger partial charge < -0.3 is 10.1 Å². The maximum absolute atomic E-state index is 12.7. The second-order valence-corrected chi connectivity index (χ2v) is 7.12. The molecule has 1 aromatic rings. The van der Waals surface area contributed by atoms with Crippen LogP contribution in [-0.4, -0.2) is 51.9 Å². The van der Waals surface area contributed by atoms with Gasteiger partial charge in [0.1, 0.15) is 0 Å². The van der Waals surface area contributed by atoms with Gasteiger partial charge >= 0.3 is 0 Å². The Balaban J connectivity index is 1.62. The van der Waals surface area contributed by atoms with Crippen molar-refractivity contribution in [1.82, 2.24) is 20.0 Å². The minimum Gasteiger partial charge on any atom is -0.363 e. The number of nitrogens with zero attached hydrogens (tertiary/aromatic N) is 3. The van der Waals surface area contributed by atoms with Gasteiger partial charge in [-0.15, -0.1) is 0 Å². The Morgan fingerprint density at radius 2 is 2.22 bits per heavy atom. The van der Waals surface area contributed by atoms with E-state index in [0.29, 0.717) is 19.2 Å².